The molecule has 0 saturated carbocycles. The molecule has 0 N–H and O–H groups in total. The third kappa shape index (κ3) is 3.44. The van der Waals surface area contributed by atoms with E-state index in [-0.39, 0.29) is 11.9 Å². The van der Waals surface area contributed by atoms with E-state index in [9.17, 15) is 4.79 Å². The van der Waals surface area contributed by atoms with Crippen LogP contribution in [-0.4, -0.2) is 11.9 Å². The molecule has 144 valence electrons. The fourth-order valence-electron chi connectivity index (χ4n) is 4.37. The van der Waals surface area contributed by atoms with Crippen molar-refractivity contribution in [2.45, 2.75) is 46.6 Å². The lowest BCUT2D eigenvalue weighted by Crippen LogP contribution is -2.21. The van der Waals surface area contributed by atoms with Crippen LogP contribution >= 0.6 is 0 Å². The lowest BCUT2D eigenvalue weighted by atomic mass is 9.83. The molecule has 0 radical (unpaired) electrons. The van der Waals surface area contributed by atoms with E-state index in [0.717, 1.165) is 51.6 Å². The highest BCUT2D eigenvalue weighted by Gasteiger charge is 2.26. The average molecular weight is 373 g/mol. The Labute approximate surface area is 167 Å². The maximum Gasteiger partial charge on any atom is 0.194 e. The largest absolute Gasteiger partial charge is 0.490 e. The summed E-state index contributed by atoms with van der Waals surface area (Å²) in [6.07, 6.45) is 2.29. The molecule has 0 heterocycles. The zero-order valence-electron chi connectivity index (χ0n) is 17.2. The van der Waals surface area contributed by atoms with Crippen molar-refractivity contribution in [3.8, 4) is 16.9 Å². The van der Waals surface area contributed by atoms with Gasteiger partial charge < -0.3 is 4.74 Å². The number of carbonyl (C=O) groups excluding carboxylic acids is 1. The predicted octanol–water partition coefficient (Wildman–Crippen LogP) is 6.89. The molecule has 3 aromatic rings. The number of ketones is 1. The number of rotatable bonds is 6. The molecule has 0 amide bonds. The van der Waals surface area contributed by atoms with Crippen LogP contribution in [0.3, 0.4) is 0 Å². The number of fused-ring (bicyclic) bond motifs is 2. The summed E-state index contributed by atoms with van der Waals surface area (Å²) < 4.78 is 6.51. The first-order valence-corrected chi connectivity index (χ1v) is 10.3. The Hall–Kier alpha value is -2.61. The van der Waals surface area contributed by atoms with E-state index in [1.165, 1.54) is 0 Å². The van der Waals surface area contributed by atoms with Gasteiger partial charge in [-0.05, 0) is 53.3 Å². The van der Waals surface area contributed by atoms with Crippen LogP contribution in [0.25, 0.3) is 21.9 Å². The van der Waals surface area contributed by atoms with Crippen molar-refractivity contribution in [3.63, 3.8) is 0 Å². The molecule has 0 fully saturated rings. The van der Waals surface area contributed by atoms with Crippen molar-refractivity contribution in [2.75, 3.05) is 0 Å². The molecule has 28 heavy (non-hydrogen) atoms. The van der Waals surface area contributed by atoms with Gasteiger partial charge in [0.15, 0.2) is 5.78 Å². The van der Waals surface area contributed by atoms with Gasteiger partial charge in [-0.2, -0.15) is 0 Å². The Bertz CT molecular complexity index is 1020. The van der Waals surface area contributed by atoms with E-state index in [1.54, 1.807) is 0 Å². The highest BCUT2D eigenvalue weighted by atomic mass is 16.5. The topological polar surface area (TPSA) is 26.3 Å². The van der Waals surface area contributed by atoms with E-state index in [2.05, 4.69) is 45.9 Å². The summed E-state index contributed by atoms with van der Waals surface area (Å²) in [5, 5.41) is 2.11. The molecule has 0 saturated heterocycles. The normalized spacial score (nSPS) is 12.9. The summed E-state index contributed by atoms with van der Waals surface area (Å²) in [5.74, 6) is 2.19. The van der Waals surface area contributed by atoms with Gasteiger partial charge in [-0.3, -0.25) is 4.79 Å². The van der Waals surface area contributed by atoms with Crippen LogP contribution in [0.15, 0.2) is 54.6 Å². The summed E-state index contributed by atoms with van der Waals surface area (Å²) in [7, 11) is 0. The highest BCUT2D eigenvalue weighted by molar-refractivity contribution is 6.26. The number of ether oxygens (including phenoxy) is 1. The monoisotopic (exact) mass is 372 g/mol. The number of benzene rings is 3. The minimum atomic E-state index is 0.111. The van der Waals surface area contributed by atoms with Crippen LogP contribution in [0.4, 0.5) is 0 Å². The summed E-state index contributed by atoms with van der Waals surface area (Å²) >= 11 is 0. The average Bonchev–Trinajstić information content (AvgIpc) is 2.64. The predicted molar refractivity (Wildman–Crippen MR) is 116 cm³/mol. The van der Waals surface area contributed by atoms with Gasteiger partial charge in [0.05, 0.1) is 6.10 Å². The van der Waals surface area contributed by atoms with Gasteiger partial charge in [0.2, 0.25) is 0 Å². The Balaban J connectivity index is 1.83. The van der Waals surface area contributed by atoms with Gasteiger partial charge >= 0.3 is 0 Å². The third-order valence-corrected chi connectivity index (χ3v) is 5.43. The molecule has 3 aromatic carbocycles. The van der Waals surface area contributed by atoms with Crippen LogP contribution < -0.4 is 4.74 Å². The molecule has 0 aliphatic heterocycles. The van der Waals surface area contributed by atoms with Crippen LogP contribution in [0.5, 0.6) is 5.75 Å². The summed E-state index contributed by atoms with van der Waals surface area (Å²) in [6.45, 7) is 8.98. The highest BCUT2D eigenvalue weighted by Crippen LogP contribution is 2.42. The maximum absolute atomic E-state index is 13.0. The van der Waals surface area contributed by atoms with Crippen molar-refractivity contribution in [3.05, 3.63) is 65.7 Å². The van der Waals surface area contributed by atoms with Gasteiger partial charge in [-0.15, -0.1) is 0 Å². The van der Waals surface area contributed by atoms with Crippen molar-refractivity contribution >= 4 is 16.6 Å². The fraction of sp³-hybridized carbons (Fsp3) is 0.346. The van der Waals surface area contributed by atoms with Gasteiger partial charge in [-0.25, -0.2) is 0 Å². The SMILES string of the molecule is CC(C)CC(CC(C)C)Oc1cc2c3c(cccc3c1)C(=O)c1ccccc1-2. The molecule has 0 atom stereocenters. The Morgan fingerprint density at radius 3 is 2.07 bits per heavy atom. The fourth-order valence-corrected chi connectivity index (χ4v) is 4.37. The number of hydrogen-bond donors (Lipinski definition) is 0. The zero-order valence-corrected chi connectivity index (χ0v) is 17.2. The van der Waals surface area contributed by atoms with Crippen molar-refractivity contribution in [1.29, 1.82) is 0 Å². The molecular weight excluding hydrogens is 344 g/mol. The molecule has 0 unspecified atom stereocenters. The first kappa shape index (κ1) is 18.7. The first-order valence-electron chi connectivity index (χ1n) is 10.3. The minimum absolute atomic E-state index is 0.111. The van der Waals surface area contributed by atoms with Gasteiger partial charge in [0.1, 0.15) is 5.75 Å². The number of hydrogen-bond acceptors (Lipinski definition) is 2. The van der Waals surface area contributed by atoms with Crippen LogP contribution in [0, 0.1) is 11.8 Å². The summed E-state index contributed by atoms with van der Waals surface area (Å²) in [5.41, 5.74) is 3.68. The summed E-state index contributed by atoms with van der Waals surface area (Å²) in [6, 6.07) is 18.1. The van der Waals surface area contributed by atoms with Crippen molar-refractivity contribution < 1.29 is 9.53 Å². The molecular formula is C26H28O2. The van der Waals surface area contributed by atoms with Gasteiger partial charge in [0.25, 0.3) is 0 Å². The molecule has 0 aromatic heterocycles. The van der Waals surface area contributed by atoms with Crippen molar-refractivity contribution in [2.24, 2.45) is 11.8 Å². The van der Waals surface area contributed by atoms with Crippen LogP contribution in [0.1, 0.15) is 56.5 Å². The van der Waals surface area contributed by atoms with E-state index in [4.69, 9.17) is 4.74 Å². The van der Waals surface area contributed by atoms with Gasteiger partial charge in [0, 0.05) is 16.5 Å². The quantitative estimate of drug-likeness (QED) is 0.368. The maximum atomic E-state index is 13.0. The standard InChI is InChI=1S/C26H28O2/c1-16(2)12-19(13-17(3)4)28-20-14-18-8-7-11-23-25(18)24(15-20)21-9-5-6-10-22(21)26(23)27/h5-11,14-17,19H,12-13H2,1-4H3. The Morgan fingerprint density at radius 1 is 0.750 bits per heavy atom. The zero-order chi connectivity index (χ0) is 19.8. The van der Waals surface area contributed by atoms with E-state index < -0.39 is 0 Å². The molecule has 1 aliphatic rings. The Morgan fingerprint density at radius 2 is 1.39 bits per heavy atom. The molecule has 4 rings (SSSR count). The third-order valence-electron chi connectivity index (χ3n) is 5.43. The second-order valence-electron chi connectivity index (χ2n) is 8.75. The first-order chi connectivity index (χ1) is 13.4. The van der Waals surface area contributed by atoms with E-state index in [1.807, 2.05) is 36.4 Å². The second-order valence-corrected chi connectivity index (χ2v) is 8.75. The molecule has 2 nitrogen and oxygen atoms in total. The van der Waals surface area contributed by atoms with Crippen LogP contribution in [0.2, 0.25) is 0 Å². The molecule has 0 bridgehead atoms. The summed E-state index contributed by atoms with van der Waals surface area (Å²) in [4.78, 5) is 13.0. The molecule has 1 aliphatic carbocycles. The van der Waals surface area contributed by atoms with Crippen molar-refractivity contribution in [1.82, 2.24) is 0 Å². The van der Waals surface area contributed by atoms with Crippen LogP contribution in [-0.2, 0) is 0 Å². The van der Waals surface area contributed by atoms with E-state index >= 15 is 0 Å². The molecule has 2 heteroatoms. The lowest BCUT2D eigenvalue weighted by Gasteiger charge is -2.25. The lowest BCUT2D eigenvalue weighted by molar-refractivity contribution is 0.104. The Kier molecular flexibility index (Phi) is 4.97. The smallest absolute Gasteiger partial charge is 0.194 e. The second kappa shape index (κ2) is 7.43. The minimum Gasteiger partial charge on any atom is -0.490 e. The molecule has 0 spiro atoms. The van der Waals surface area contributed by atoms with E-state index in [0.29, 0.717) is 11.8 Å². The number of carbonyl (C=O) groups is 1. The van der Waals surface area contributed by atoms with Gasteiger partial charge in [-0.1, -0.05) is 70.2 Å².